The van der Waals surface area contributed by atoms with Gasteiger partial charge in [-0.15, -0.1) is 0 Å². The van der Waals surface area contributed by atoms with Gasteiger partial charge in [0.2, 0.25) is 5.91 Å². The zero-order valence-electron chi connectivity index (χ0n) is 19.7. The van der Waals surface area contributed by atoms with Gasteiger partial charge in [0.15, 0.2) is 0 Å². The lowest BCUT2D eigenvalue weighted by atomic mass is 9.91. The van der Waals surface area contributed by atoms with Gasteiger partial charge in [-0.25, -0.2) is 0 Å². The maximum absolute atomic E-state index is 11.3. The molecule has 0 bridgehead atoms. The summed E-state index contributed by atoms with van der Waals surface area (Å²) in [7, 11) is 0. The summed E-state index contributed by atoms with van der Waals surface area (Å²) in [5.74, 6) is 0.991. The summed E-state index contributed by atoms with van der Waals surface area (Å²) in [6.45, 7) is 10.8. The van der Waals surface area contributed by atoms with Crippen molar-refractivity contribution in [3.63, 3.8) is 0 Å². The normalized spacial score (nSPS) is 18.1. The fourth-order valence-electron chi connectivity index (χ4n) is 3.18. The molecule has 2 N–H and O–H groups in total. The van der Waals surface area contributed by atoms with Crippen molar-refractivity contribution in [3.8, 4) is 5.75 Å². The largest absolute Gasteiger partial charge is 0.508 e. The predicted octanol–water partition coefficient (Wildman–Crippen LogP) is 7.49. The van der Waals surface area contributed by atoms with Crippen LogP contribution in [0.3, 0.4) is 0 Å². The minimum absolute atomic E-state index is 0.193. The molecule has 1 saturated carbocycles. The summed E-state index contributed by atoms with van der Waals surface area (Å²) >= 11 is 1.01. The number of carbonyl (C=O) groups excluding carboxylic acids is 2. The number of amides is 2. The van der Waals surface area contributed by atoms with Crippen molar-refractivity contribution in [2.24, 2.45) is 5.92 Å². The Labute approximate surface area is 188 Å². The second kappa shape index (κ2) is 18.3. The van der Waals surface area contributed by atoms with Crippen LogP contribution in [-0.2, 0) is 11.2 Å². The molecule has 1 aliphatic heterocycles. The van der Waals surface area contributed by atoms with E-state index < -0.39 is 0 Å². The van der Waals surface area contributed by atoms with E-state index in [0.29, 0.717) is 6.42 Å². The third-order valence-electron chi connectivity index (χ3n) is 4.98. The van der Waals surface area contributed by atoms with Crippen molar-refractivity contribution in [1.29, 1.82) is 0 Å². The Balaban J connectivity index is 0.000000468. The van der Waals surface area contributed by atoms with E-state index >= 15 is 0 Å². The molecular weight excluding hydrogens is 394 g/mol. The monoisotopic (exact) mass is 437 g/mol. The number of imide groups is 1. The smallest absolute Gasteiger partial charge is 0.286 e. The molecule has 1 atom stereocenters. The molecule has 30 heavy (non-hydrogen) atoms. The van der Waals surface area contributed by atoms with Gasteiger partial charge in [-0.3, -0.25) is 14.9 Å². The first-order valence-corrected chi connectivity index (χ1v) is 12.6. The number of carbonyl (C=O) groups is 2. The number of hydrogen-bond donors (Lipinski definition) is 2. The molecule has 5 heteroatoms. The first-order chi connectivity index (χ1) is 14.5. The molecule has 1 aromatic carbocycles. The first-order valence-electron chi connectivity index (χ1n) is 11.8. The summed E-state index contributed by atoms with van der Waals surface area (Å²) < 4.78 is 0. The van der Waals surface area contributed by atoms with Gasteiger partial charge in [-0.1, -0.05) is 116 Å². The number of unbranched alkanes of at least 4 members (excludes halogenated alkanes) is 3. The van der Waals surface area contributed by atoms with Crippen molar-refractivity contribution in [3.05, 3.63) is 29.8 Å². The quantitative estimate of drug-likeness (QED) is 0.468. The van der Waals surface area contributed by atoms with Crippen molar-refractivity contribution >= 4 is 22.9 Å². The van der Waals surface area contributed by atoms with Crippen LogP contribution in [0.1, 0.15) is 98.0 Å². The Hall–Kier alpha value is -1.49. The van der Waals surface area contributed by atoms with Gasteiger partial charge in [-0.05, 0) is 30.0 Å². The highest BCUT2D eigenvalue weighted by Gasteiger charge is 2.31. The Bertz CT molecular complexity index is 564. The fourth-order valence-corrected chi connectivity index (χ4v) is 4.04. The molecule has 1 heterocycles. The van der Waals surface area contributed by atoms with Crippen LogP contribution in [0.25, 0.3) is 0 Å². The molecule has 2 fully saturated rings. The number of phenolic OH excluding ortho intramolecular Hbond substituents is 1. The van der Waals surface area contributed by atoms with Crippen LogP contribution in [0, 0.1) is 5.92 Å². The number of thioether (sulfide) groups is 1. The number of hydrogen-bond acceptors (Lipinski definition) is 4. The summed E-state index contributed by atoms with van der Waals surface area (Å²) in [5, 5.41) is 10.7. The van der Waals surface area contributed by atoms with Crippen LogP contribution in [-0.4, -0.2) is 21.5 Å². The maximum Gasteiger partial charge on any atom is 0.286 e. The van der Waals surface area contributed by atoms with Gasteiger partial charge in [0, 0.05) is 0 Å². The molecule has 172 valence electrons. The van der Waals surface area contributed by atoms with Gasteiger partial charge in [0.25, 0.3) is 5.24 Å². The molecular formula is C25H43NO3S. The van der Waals surface area contributed by atoms with E-state index in [4.69, 9.17) is 5.11 Å². The number of nitrogens with one attached hydrogen (secondary N) is 1. The van der Waals surface area contributed by atoms with E-state index in [-0.39, 0.29) is 22.1 Å². The molecule has 0 aromatic heterocycles. The van der Waals surface area contributed by atoms with Crippen LogP contribution in [0.2, 0.25) is 0 Å². The van der Waals surface area contributed by atoms with Crippen molar-refractivity contribution in [1.82, 2.24) is 5.32 Å². The standard InChI is InChI=1S/C10H9NO3S.C7H14.C6H14.C2H6/c12-7-3-1-6(2-4-7)5-8-9(13)11-10(14)15-8;1-7-5-3-2-4-6-7;1-3-5-6-4-2;1-2/h1-4,8,12H,5H2,(H,11,13,14);7H,2-6H2,1H3;3-6H2,1-2H3;1-2H3. The highest BCUT2D eigenvalue weighted by Crippen LogP contribution is 2.23. The molecule has 2 amide bonds. The molecule has 4 nitrogen and oxygen atoms in total. The fraction of sp³-hybridized carbons (Fsp3) is 0.680. The highest BCUT2D eigenvalue weighted by atomic mass is 32.2. The lowest BCUT2D eigenvalue weighted by Gasteiger charge is -2.15. The summed E-state index contributed by atoms with van der Waals surface area (Å²) in [6, 6.07) is 6.61. The lowest BCUT2D eigenvalue weighted by molar-refractivity contribution is -0.118. The molecule has 1 unspecified atom stereocenters. The molecule has 1 aromatic rings. The van der Waals surface area contributed by atoms with Gasteiger partial charge in [0.05, 0.1) is 5.25 Å². The summed E-state index contributed by atoms with van der Waals surface area (Å²) in [4.78, 5) is 22.2. The Morgan fingerprint density at radius 1 is 0.967 bits per heavy atom. The first kappa shape index (κ1) is 28.5. The zero-order valence-corrected chi connectivity index (χ0v) is 20.5. The summed E-state index contributed by atoms with van der Waals surface area (Å²) in [6.07, 6.45) is 13.5. The molecule has 0 radical (unpaired) electrons. The van der Waals surface area contributed by atoms with Crippen molar-refractivity contribution in [2.45, 2.75) is 104 Å². The van der Waals surface area contributed by atoms with E-state index in [9.17, 15) is 9.59 Å². The topological polar surface area (TPSA) is 66.4 Å². The van der Waals surface area contributed by atoms with Gasteiger partial charge in [0.1, 0.15) is 5.75 Å². The van der Waals surface area contributed by atoms with E-state index in [2.05, 4.69) is 26.1 Å². The second-order valence-corrected chi connectivity index (χ2v) is 8.88. The van der Waals surface area contributed by atoms with Crippen LogP contribution in [0.4, 0.5) is 4.79 Å². The van der Waals surface area contributed by atoms with E-state index in [1.165, 1.54) is 57.8 Å². The maximum atomic E-state index is 11.3. The Kier molecular flexibility index (Phi) is 17.4. The average molecular weight is 438 g/mol. The van der Waals surface area contributed by atoms with Gasteiger partial charge in [-0.2, -0.15) is 0 Å². The molecule has 2 aliphatic rings. The zero-order chi connectivity index (χ0) is 22.8. The number of rotatable bonds is 5. The predicted molar refractivity (Wildman–Crippen MR) is 130 cm³/mol. The lowest BCUT2D eigenvalue weighted by Crippen LogP contribution is -2.25. The van der Waals surface area contributed by atoms with Crippen LogP contribution in [0.15, 0.2) is 24.3 Å². The second-order valence-electron chi connectivity index (χ2n) is 7.70. The van der Waals surface area contributed by atoms with Gasteiger partial charge < -0.3 is 5.11 Å². The van der Waals surface area contributed by atoms with Crippen LogP contribution >= 0.6 is 11.8 Å². The average Bonchev–Trinajstić information content (AvgIpc) is 3.08. The number of aromatic hydroxyl groups is 1. The SMILES string of the molecule is CC.CC1CCCCC1.CCCCCC.O=C1NC(=O)C(Cc2ccc(O)cc2)S1. The molecule has 3 rings (SSSR count). The number of phenols is 1. The van der Waals surface area contributed by atoms with E-state index in [1.54, 1.807) is 24.3 Å². The van der Waals surface area contributed by atoms with Crippen molar-refractivity contribution in [2.75, 3.05) is 0 Å². The van der Waals surface area contributed by atoms with Crippen LogP contribution < -0.4 is 5.32 Å². The third-order valence-corrected chi connectivity index (χ3v) is 5.96. The number of benzene rings is 1. The Morgan fingerprint density at radius 2 is 1.50 bits per heavy atom. The van der Waals surface area contributed by atoms with Gasteiger partial charge >= 0.3 is 0 Å². The summed E-state index contributed by atoms with van der Waals surface area (Å²) in [5.41, 5.74) is 0.926. The molecule has 0 spiro atoms. The highest BCUT2D eigenvalue weighted by molar-refractivity contribution is 8.15. The van der Waals surface area contributed by atoms with E-state index in [0.717, 1.165) is 23.2 Å². The molecule has 1 saturated heterocycles. The van der Waals surface area contributed by atoms with E-state index in [1.807, 2.05) is 13.8 Å². The third kappa shape index (κ3) is 13.7. The minimum atomic E-state index is -0.345. The van der Waals surface area contributed by atoms with Crippen LogP contribution in [0.5, 0.6) is 5.75 Å². The molecule has 1 aliphatic carbocycles. The minimum Gasteiger partial charge on any atom is -0.508 e. The Morgan fingerprint density at radius 3 is 1.87 bits per heavy atom. The van der Waals surface area contributed by atoms with Crippen molar-refractivity contribution < 1.29 is 14.7 Å².